The van der Waals surface area contributed by atoms with Gasteiger partial charge in [-0.25, -0.2) is 0 Å². The third kappa shape index (κ3) is 4.52. The average Bonchev–Trinajstić information content (AvgIpc) is 2.41. The molecular weight excluding hydrogens is 258 g/mol. The lowest BCUT2D eigenvalue weighted by molar-refractivity contribution is 0.0773. The predicted octanol–water partition coefficient (Wildman–Crippen LogP) is 2.47. The molecule has 0 aromatic heterocycles. The first-order valence-corrected chi connectivity index (χ1v) is 6.97. The largest absolute Gasteiger partial charge is 0.363 e. The van der Waals surface area contributed by atoms with E-state index < -0.39 is 0 Å². The number of thiocarbonyl (C=S) groups is 1. The zero-order valence-electron chi connectivity index (χ0n) is 11.7. The van der Waals surface area contributed by atoms with Crippen LogP contribution in [-0.4, -0.2) is 35.6 Å². The number of amides is 1. The van der Waals surface area contributed by atoms with Gasteiger partial charge in [0.05, 0.1) is 0 Å². The summed E-state index contributed by atoms with van der Waals surface area (Å²) in [5.74, 6) is 0.0609. The minimum absolute atomic E-state index is 0.0609. The van der Waals surface area contributed by atoms with Gasteiger partial charge in [-0.2, -0.15) is 0 Å². The monoisotopic (exact) mass is 279 g/mol. The number of hydrogen-bond acceptors (Lipinski definition) is 2. The molecule has 1 aromatic carbocycles. The van der Waals surface area contributed by atoms with E-state index in [1.54, 1.807) is 4.90 Å². The normalized spacial score (nSPS) is 9.84. The fraction of sp³-hybridized carbons (Fsp3) is 0.429. The first-order valence-electron chi connectivity index (χ1n) is 6.56. The van der Waals surface area contributed by atoms with Crippen molar-refractivity contribution in [1.29, 1.82) is 0 Å². The number of rotatable bonds is 5. The smallest absolute Gasteiger partial charge is 0.253 e. The van der Waals surface area contributed by atoms with Crippen LogP contribution in [0.15, 0.2) is 24.3 Å². The Kier molecular flexibility index (Phi) is 6.29. The molecule has 0 aliphatic heterocycles. The molecule has 1 amide bonds. The van der Waals surface area contributed by atoms with Gasteiger partial charge >= 0.3 is 0 Å². The molecule has 1 aromatic rings. The number of nitrogens with zero attached hydrogens (tertiary/aromatic N) is 1. The quantitative estimate of drug-likeness (QED) is 0.813. The summed E-state index contributed by atoms with van der Waals surface area (Å²) in [6.07, 6.45) is 0. The fourth-order valence-corrected chi connectivity index (χ4v) is 1.99. The summed E-state index contributed by atoms with van der Waals surface area (Å²) in [6, 6.07) is 7.36. The summed E-state index contributed by atoms with van der Waals surface area (Å²) in [6.45, 7) is 8.17. The maximum Gasteiger partial charge on any atom is 0.253 e. The van der Waals surface area contributed by atoms with E-state index >= 15 is 0 Å². The minimum Gasteiger partial charge on any atom is -0.363 e. The Morgan fingerprint density at radius 2 is 1.74 bits per heavy atom. The van der Waals surface area contributed by atoms with Gasteiger partial charge in [0.25, 0.3) is 5.91 Å². The van der Waals surface area contributed by atoms with Crippen LogP contribution >= 0.6 is 12.2 Å². The Morgan fingerprint density at radius 1 is 1.16 bits per heavy atom. The molecule has 1 rings (SSSR count). The van der Waals surface area contributed by atoms with E-state index in [1.807, 2.05) is 45.0 Å². The van der Waals surface area contributed by atoms with Gasteiger partial charge in [-0.3, -0.25) is 4.79 Å². The highest BCUT2D eigenvalue weighted by Crippen LogP contribution is 2.11. The zero-order valence-corrected chi connectivity index (χ0v) is 12.5. The Bertz CT molecular complexity index is 427. The molecule has 0 saturated carbocycles. The summed E-state index contributed by atoms with van der Waals surface area (Å²) in [5.41, 5.74) is 1.57. The molecule has 5 heteroatoms. The van der Waals surface area contributed by atoms with E-state index in [-0.39, 0.29) is 5.91 Å². The van der Waals surface area contributed by atoms with E-state index in [2.05, 4.69) is 10.6 Å². The molecular formula is C14H21N3OS. The first-order chi connectivity index (χ1) is 9.12. The molecule has 0 unspecified atom stereocenters. The van der Waals surface area contributed by atoms with Crippen molar-refractivity contribution in [2.45, 2.75) is 20.8 Å². The van der Waals surface area contributed by atoms with Gasteiger partial charge in [-0.1, -0.05) is 0 Å². The van der Waals surface area contributed by atoms with Crippen molar-refractivity contribution < 1.29 is 4.79 Å². The third-order valence-electron chi connectivity index (χ3n) is 2.78. The molecule has 0 heterocycles. The molecule has 0 saturated heterocycles. The predicted molar refractivity (Wildman–Crippen MR) is 83.6 cm³/mol. The highest BCUT2D eigenvalue weighted by Gasteiger charge is 2.11. The van der Waals surface area contributed by atoms with Crippen molar-refractivity contribution in [3.8, 4) is 0 Å². The van der Waals surface area contributed by atoms with Gasteiger partial charge in [-0.15, -0.1) is 0 Å². The van der Waals surface area contributed by atoms with Gasteiger partial charge in [0.2, 0.25) is 0 Å². The van der Waals surface area contributed by atoms with E-state index in [0.717, 1.165) is 25.3 Å². The van der Waals surface area contributed by atoms with Crippen molar-refractivity contribution in [1.82, 2.24) is 10.2 Å². The summed E-state index contributed by atoms with van der Waals surface area (Å²) in [7, 11) is 0. The van der Waals surface area contributed by atoms with Gasteiger partial charge in [0.1, 0.15) is 0 Å². The van der Waals surface area contributed by atoms with Crippen LogP contribution in [0.3, 0.4) is 0 Å². The average molecular weight is 279 g/mol. The number of carbonyl (C=O) groups excluding carboxylic acids is 1. The number of carbonyl (C=O) groups is 1. The summed E-state index contributed by atoms with van der Waals surface area (Å²) in [4.78, 5) is 13.9. The lowest BCUT2D eigenvalue weighted by Gasteiger charge is -2.18. The van der Waals surface area contributed by atoms with Crippen molar-refractivity contribution in [3.63, 3.8) is 0 Å². The maximum absolute atomic E-state index is 12.1. The van der Waals surface area contributed by atoms with Gasteiger partial charge in [0, 0.05) is 30.9 Å². The highest BCUT2D eigenvalue weighted by atomic mass is 32.1. The second kappa shape index (κ2) is 7.74. The number of benzene rings is 1. The second-order valence-corrected chi connectivity index (χ2v) is 4.45. The van der Waals surface area contributed by atoms with Crippen molar-refractivity contribution in [2.75, 3.05) is 25.0 Å². The molecule has 19 heavy (non-hydrogen) atoms. The van der Waals surface area contributed by atoms with E-state index in [0.29, 0.717) is 10.7 Å². The second-order valence-electron chi connectivity index (χ2n) is 4.04. The lowest BCUT2D eigenvalue weighted by atomic mass is 10.2. The SMILES string of the molecule is CCNC(=S)Nc1ccc(C(=O)N(CC)CC)cc1. The molecule has 104 valence electrons. The lowest BCUT2D eigenvalue weighted by Crippen LogP contribution is -2.30. The Morgan fingerprint density at radius 3 is 2.21 bits per heavy atom. The molecule has 4 nitrogen and oxygen atoms in total. The standard InChI is InChI=1S/C14H21N3OS/c1-4-15-14(19)16-12-9-7-11(8-10-12)13(18)17(5-2)6-3/h7-10H,4-6H2,1-3H3,(H2,15,16,19). The molecule has 0 atom stereocenters. The van der Waals surface area contributed by atoms with Gasteiger partial charge in [-0.05, 0) is 57.3 Å². The molecule has 0 radical (unpaired) electrons. The zero-order chi connectivity index (χ0) is 14.3. The highest BCUT2D eigenvalue weighted by molar-refractivity contribution is 7.80. The molecule has 0 aliphatic carbocycles. The molecule has 2 N–H and O–H groups in total. The first kappa shape index (κ1) is 15.4. The number of nitrogens with one attached hydrogen (secondary N) is 2. The summed E-state index contributed by atoms with van der Waals surface area (Å²) >= 11 is 5.10. The summed E-state index contributed by atoms with van der Waals surface area (Å²) < 4.78 is 0. The van der Waals surface area contributed by atoms with Crippen molar-refractivity contribution in [3.05, 3.63) is 29.8 Å². The van der Waals surface area contributed by atoms with Crippen molar-refractivity contribution in [2.24, 2.45) is 0 Å². The topological polar surface area (TPSA) is 44.4 Å². The Balaban J connectivity index is 2.70. The Hall–Kier alpha value is -1.62. The van der Waals surface area contributed by atoms with E-state index in [4.69, 9.17) is 12.2 Å². The molecule has 0 fully saturated rings. The van der Waals surface area contributed by atoms with Crippen LogP contribution in [0.4, 0.5) is 5.69 Å². The fourth-order valence-electron chi connectivity index (χ4n) is 1.73. The van der Waals surface area contributed by atoms with Gasteiger partial charge < -0.3 is 15.5 Å². The van der Waals surface area contributed by atoms with Crippen LogP contribution in [0, 0.1) is 0 Å². The van der Waals surface area contributed by atoms with Crippen LogP contribution in [-0.2, 0) is 0 Å². The maximum atomic E-state index is 12.1. The Labute approximate surface area is 120 Å². The van der Waals surface area contributed by atoms with Crippen LogP contribution < -0.4 is 10.6 Å². The van der Waals surface area contributed by atoms with Crippen LogP contribution in [0.1, 0.15) is 31.1 Å². The summed E-state index contributed by atoms with van der Waals surface area (Å²) in [5, 5.41) is 6.66. The van der Waals surface area contributed by atoms with Crippen LogP contribution in [0.25, 0.3) is 0 Å². The molecule has 0 aliphatic rings. The minimum atomic E-state index is 0.0609. The third-order valence-corrected chi connectivity index (χ3v) is 3.02. The number of anilines is 1. The van der Waals surface area contributed by atoms with Crippen LogP contribution in [0.5, 0.6) is 0 Å². The molecule has 0 bridgehead atoms. The number of hydrogen-bond donors (Lipinski definition) is 2. The van der Waals surface area contributed by atoms with E-state index in [1.165, 1.54) is 0 Å². The van der Waals surface area contributed by atoms with Crippen molar-refractivity contribution >= 4 is 28.9 Å². The van der Waals surface area contributed by atoms with E-state index in [9.17, 15) is 4.79 Å². The van der Waals surface area contributed by atoms with Gasteiger partial charge in [0.15, 0.2) is 5.11 Å². The molecule has 0 spiro atoms. The van der Waals surface area contributed by atoms with Crippen LogP contribution in [0.2, 0.25) is 0 Å².